The Labute approximate surface area is 71.3 Å². The first-order valence-electron chi connectivity index (χ1n) is 2.50. The molecule has 0 radical (unpaired) electrons. The first kappa shape index (κ1) is 7.51. The molecule has 0 aliphatic carbocycles. The Kier molecular flexibility index (Phi) is 2.95. The zero-order chi connectivity index (χ0) is 6.69. The van der Waals surface area contributed by atoms with Crippen molar-refractivity contribution >= 4 is 39.1 Å². The van der Waals surface area contributed by atoms with E-state index in [1.807, 2.05) is 6.07 Å². The Morgan fingerprint density at radius 1 is 1.78 bits per heavy atom. The van der Waals surface area contributed by atoms with Crippen LogP contribution in [0.25, 0.3) is 0 Å². The fourth-order valence-corrected chi connectivity index (χ4v) is 1.67. The summed E-state index contributed by atoms with van der Waals surface area (Å²) in [5.41, 5.74) is 1.07. The maximum atomic E-state index is 5.64. The summed E-state index contributed by atoms with van der Waals surface area (Å²) in [4.78, 5) is 0. The van der Waals surface area contributed by atoms with Crippen molar-refractivity contribution in [2.75, 3.05) is 5.33 Å². The minimum absolute atomic E-state index is 0.769. The van der Waals surface area contributed by atoms with E-state index < -0.39 is 0 Å². The van der Waals surface area contributed by atoms with E-state index in [9.17, 15) is 0 Å². The molecule has 0 aliphatic heterocycles. The van der Waals surface area contributed by atoms with Gasteiger partial charge in [0, 0.05) is 11.8 Å². The number of nitrogens with zero attached hydrogens (tertiary/aromatic N) is 1. The predicted octanol–water partition coefficient (Wildman–Crippen LogP) is 2.73. The summed E-state index contributed by atoms with van der Waals surface area (Å²) in [7, 11) is 0. The van der Waals surface area contributed by atoms with Crippen LogP contribution in [0.15, 0.2) is 6.07 Å². The van der Waals surface area contributed by atoms with Crippen LogP contribution in [0.5, 0.6) is 0 Å². The lowest BCUT2D eigenvalue weighted by Gasteiger charge is -1.83. The molecule has 4 heteroatoms. The van der Waals surface area contributed by atoms with Crippen LogP contribution in [0.1, 0.15) is 5.69 Å². The van der Waals surface area contributed by atoms with Gasteiger partial charge in [0.1, 0.15) is 4.34 Å². The van der Waals surface area contributed by atoms with Crippen molar-refractivity contribution in [1.82, 2.24) is 4.37 Å². The maximum absolute atomic E-state index is 5.64. The fraction of sp³-hybridized carbons (Fsp3) is 0.400. The van der Waals surface area contributed by atoms with Crippen LogP contribution in [0.4, 0.5) is 0 Å². The van der Waals surface area contributed by atoms with Crippen LogP contribution in [0, 0.1) is 0 Å². The highest BCUT2D eigenvalue weighted by Gasteiger charge is 1.96. The molecule has 9 heavy (non-hydrogen) atoms. The Hall–Kier alpha value is 0.400. The minimum atomic E-state index is 0.769. The Bertz CT molecular complexity index is 189. The van der Waals surface area contributed by atoms with Crippen molar-refractivity contribution in [2.24, 2.45) is 0 Å². The Balaban J connectivity index is 2.61. The van der Waals surface area contributed by atoms with Crippen molar-refractivity contribution in [3.8, 4) is 0 Å². The molecule has 0 aliphatic rings. The van der Waals surface area contributed by atoms with E-state index in [0.717, 1.165) is 21.8 Å². The van der Waals surface area contributed by atoms with Gasteiger partial charge in [-0.25, -0.2) is 0 Å². The molecule has 0 spiro atoms. The van der Waals surface area contributed by atoms with Crippen LogP contribution >= 0.6 is 39.1 Å². The van der Waals surface area contributed by atoms with Crippen LogP contribution in [0.2, 0.25) is 4.34 Å². The van der Waals surface area contributed by atoms with Gasteiger partial charge in [-0.15, -0.1) is 0 Å². The van der Waals surface area contributed by atoms with Gasteiger partial charge >= 0.3 is 0 Å². The number of alkyl halides is 1. The van der Waals surface area contributed by atoms with Gasteiger partial charge in [-0.1, -0.05) is 27.5 Å². The third kappa shape index (κ3) is 2.24. The van der Waals surface area contributed by atoms with E-state index in [0.29, 0.717) is 0 Å². The van der Waals surface area contributed by atoms with Crippen LogP contribution in [-0.2, 0) is 6.42 Å². The number of hydrogen-bond donors (Lipinski definition) is 0. The van der Waals surface area contributed by atoms with Crippen LogP contribution in [-0.4, -0.2) is 9.70 Å². The molecule has 0 unspecified atom stereocenters. The van der Waals surface area contributed by atoms with E-state index in [1.54, 1.807) is 0 Å². The van der Waals surface area contributed by atoms with Gasteiger partial charge < -0.3 is 0 Å². The molecule has 1 rings (SSSR count). The molecule has 0 amide bonds. The molecule has 1 aromatic heterocycles. The summed E-state index contributed by atoms with van der Waals surface area (Å²) in [6, 6.07) is 1.90. The number of aryl methyl sites for hydroxylation is 1. The maximum Gasteiger partial charge on any atom is 0.114 e. The number of halogens is 2. The summed E-state index contributed by atoms with van der Waals surface area (Å²) in [6.45, 7) is 0. The first-order chi connectivity index (χ1) is 4.33. The fourth-order valence-electron chi connectivity index (χ4n) is 0.501. The van der Waals surface area contributed by atoms with Gasteiger partial charge in [0.15, 0.2) is 0 Å². The number of aromatic nitrogens is 1. The summed E-state index contributed by atoms with van der Waals surface area (Å²) in [5.74, 6) is 0. The Morgan fingerprint density at radius 2 is 2.56 bits per heavy atom. The van der Waals surface area contributed by atoms with Crippen molar-refractivity contribution in [1.29, 1.82) is 0 Å². The van der Waals surface area contributed by atoms with E-state index >= 15 is 0 Å². The zero-order valence-corrected chi connectivity index (χ0v) is 7.76. The van der Waals surface area contributed by atoms with Gasteiger partial charge in [0.25, 0.3) is 0 Å². The second kappa shape index (κ2) is 3.54. The Morgan fingerprint density at radius 3 is 3.00 bits per heavy atom. The SMILES string of the molecule is Clc1cc(CCBr)ns1. The van der Waals surface area contributed by atoms with Crippen molar-refractivity contribution in [3.63, 3.8) is 0 Å². The quantitative estimate of drug-likeness (QED) is 0.707. The van der Waals surface area contributed by atoms with Crippen LogP contribution < -0.4 is 0 Å². The van der Waals surface area contributed by atoms with Gasteiger partial charge in [-0.3, -0.25) is 0 Å². The summed E-state index contributed by atoms with van der Waals surface area (Å²) >= 11 is 10.3. The summed E-state index contributed by atoms with van der Waals surface area (Å²) in [6.07, 6.45) is 0.962. The average Bonchev–Trinajstić information content (AvgIpc) is 2.17. The molecule has 0 aromatic carbocycles. The molecule has 1 nitrogen and oxygen atoms in total. The normalized spacial score (nSPS) is 10.0. The molecule has 1 aromatic rings. The van der Waals surface area contributed by atoms with E-state index in [4.69, 9.17) is 11.6 Å². The van der Waals surface area contributed by atoms with Gasteiger partial charge in [0.2, 0.25) is 0 Å². The predicted molar refractivity (Wildman–Crippen MR) is 44.6 cm³/mol. The molecule has 50 valence electrons. The van der Waals surface area contributed by atoms with E-state index in [2.05, 4.69) is 20.3 Å². The lowest BCUT2D eigenvalue weighted by molar-refractivity contribution is 1.11. The third-order valence-corrected chi connectivity index (χ3v) is 2.21. The van der Waals surface area contributed by atoms with Gasteiger partial charge in [-0.2, -0.15) is 4.37 Å². The topological polar surface area (TPSA) is 12.9 Å². The highest BCUT2D eigenvalue weighted by atomic mass is 79.9. The van der Waals surface area contributed by atoms with Gasteiger partial charge in [0.05, 0.1) is 5.69 Å². The lowest BCUT2D eigenvalue weighted by atomic mass is 10.3. The third-order valence-electron chi connectivity index (χ3n) is 0.881. The molecular weight excluding hydrogens is 221 g/mol. The standard InChI is InChI=1S/C5H5BrClNS/c6-2-1-4-3-5(7)9-8-4/h3H,1-2H2. The van der Waals surface area contributed by atoms with Crippen LogP contribution in [0.3, 0.4) is 0 Å². The van der Waals surface area contributed by atoms with Crippen molar-refractivity contribution in [3.05, 3.63) is 16.1 Å². The highest BCUT2D eigenvalue weighted by molar-refractivity contribution is 9.09. The van der Waals surface area contributed by atoms with Gasteiger partial charge in [-0.05, 0) is 17.6 Å². The molecule has 0 saturated carbocycles. The van der Waals surface area contributed by atoms with Crippen molar-refractivity contribution in [2.45, 2.75) is 6.42 Å². The summed E-state index contributed by atoms with van der Waals surface area (Å²) < 4.78 is 4.85. The first-order valence-corrected chi connectivity index (χ1v) is 4.77. The van der Waals surface area contributed by atoms with E-state index in [-0.39, 0.29) is 0 Å². The second-order valence-corrected chi connectivity index (χ2v) is 3.79. The molecule has 0 N–H and O–H groups in total. The molecule has 0 fully saturated rings. The number of hydrogen-bond acceptors (Lipinski definition) is 2. The molecule has 0 atom stereocenters. The summed E-state index contributed by atoms with van der Waals surface area (Å²) in [5, 5.41) is 0.951. The lowest BCUT2D eigenvalue weighted by Crippen LogP contribution is -1.82. The van der Waals surface area contributed by atoms with Crippen molar-refractivity contribution < 1.29 is 0 Å². The minimum Gasteiger partial charge on any atom is -0.196 e. The molecule has 0 bridgehead atoms. The highest BCUT2D eigenvalue weighted by Crippen LogP contribution is 2.16. The molecule has 0 saturated heterocycles. The second-order valence-electron chi connectivity index (χ2n) is 1.56. The van der Waals surface area contributed by atoms with E-state index in [1.165, 1.54) is 11.5 Å². The average molecular weight is 227 g/mol. The smallest absolute Gasteiger partial charge is 0.114 e. The number of rotatable bonds is 2. The zero-order valence-electron chi connectivity index (χ0n) is 4.60. The molecule has 1 heterocycles. The monoisotopic (exact) mass is 225 g/mol. The molecular formula is C5H5BrClNS. The largest absolute Gasteiger partial charge is 0.196 e.